The molecule has 142 valence electrons. The molecule has 0 radical (unpaired) electrons. The normalized spacial score (nSPS) is 10.6. The zero-order valence-corrected chi connectivity index (χ0v) is 16.1. The number of amides is 1. The van der Waals surface area contributed by atoms with E-state index in [9.17, 15) is 9.59 Å². The van der Waals surface area contributed by atoms with Crippen LogP contribution in [0.15, 0.2) is 35.7 Å². The number of aromatic amines is 1. The number of nitrogens with one attached hydrogen (secondary N) is 1. The number of carbonyl (C=O) groups excluding carboxylic acids is 2. The molecule has 0 saturated heterocycles. The molecule has 0 fully saturated rings. The highest BCUT2D eigenvalue weighted by Crippen LogP contribution is 2.31. The molecule has 0 aliphatic heterocycles. The lowest BCUT2D eigenvalue weighted by Crippen LogP contribution is -2.30. The molecular formula is C19H20N2O5S. The van der Waals surface area contributed by atoms with Crippen molar-refractivity contribution in [1.29, 1.82) is 0 Å². The Morgan fingerprint density at radius 3 is 2.67 bits per heavy atom. The highest BCUT2D eigenvalue weighted by atomic mass is 32.1. The molecule has 2 heterocycles. The number of thiophene rings is 1. The van der Waals surface area contributed by atoms with Crippen molar-refractivity contribution >= 4 is 34.1 Å². The molecule has 0 spiro atoms. The second-order valence-corrected chi connectivity index (χ2v) is 6.91. The second-order valence-electron chi connectivity index (χ2n) is 5.88. The lowest BCUT2D eigenvalue weighted by molar-refractivity contribution is -0.133. The van der Waals surface area contributed by atoms with Crippen LogP contribution < -0.4 is 9.47 Å². The average Bonchev–Trinajstić information content (AvgIpc) is 3.34. The summed E-state index contributed by atoms with van der Waals surface area (Å²) in [5, 5.41) is 2.70. The molecule has 2 aromatic heterocycles. The minimum absolute atomic E-state index is 0.241. The van der Waals surface area contributed by atoms with Gasteiger partial charge in [0.05, 0.1) is 26.3 Å². The van der Waals surface area contributed by atoms with E-state index in [1.807, 2.05) is 17.5 Å². The summed E-state index contributed by atoms with van der Waals surface area (Å²) >= 11 is 1.57. The van der Waals surface area contributed by atoms with Crippen LogP contribution in [0.2, 0.25) is 0 Å². The minimum atomic E-state index is -0.606. The minimum Gasteiger partial charge on any atom is -0.497 e. The van der Waals surface area contributed by atoms with Crippen molar-refractivity contribution in [2.75, 3.05) is 27.9 Å². The van der Waals surface area contributed by atoms with Gasteiger partial charge in [-0.05, 0) is 23.6 Å². The molecule has 1 N–H and O–H groups in total. The Morgan fingerprint density at radius 1 is 1.19 bits per heavy atom. The van der Waals surface area contributed by atoms with Crippen molar-refractivity contribution in [3.05, 3.63) is 46.3 Å². The van der Waals surface area contributed by atoms with Gasteiger partial charge in [0.25, 0.3) is 5.91 Å². The summed E-state index contributed by atoms with van der Waals surface area (Å²) in [5.41, 5.74) is 0.900. The Balaban J connectivity index is 1.66. The molecule has 27 heavy (non-hydrogen) atoms. The molecule has 0 bridgehead atoms. The molecule has 8 heteroatoms. The van der Waals surface area contributed by atoms with Gasteiger partial charge in [-0.2, -0.15) is 0 Å². The maximum atomic E-state index is 12.3. The topological polar surface area (TPSA) is 80.9 Å². The second kappa shape index (κ2) is 8.13. The van der Waals surface area contributed by atoms with Crippen molar-refractivity contribution in [3.63, 3.8) is 0 Å². The molecular weight excluding hydrogens is 368 g/mol. The largest absolute Gasteiger partial charge is 0.497 e. The first-order chi connectivity index (χ1) is 13.0. The predicted octanol–water partition coefficient (Wildman–Crippen LogP) is 3.06. The monoisotopic (exact) mass is 388 g/mol. The van der Waals surface area contributed by atoms with Crippen LogP contribution >= 0.6 is 11.3 Å². The van der Waals surface area contributed by atoms with Crippen LogP contribution in [-0.2, 0) is 16.1 Å². The molecule has 0 aliphatic rings. The first-order valence-corrected chi connectivity index (χ1v) is 9.08. The quantitative estimate of drug-likeness (QED) is 0.629. The molecule has 1 amide bonds. The van der Waals surface area contributed by atoms with Gasteiger partial charge >= 0.3 is 5.97 Å². The fourth-order valence-electron chi connectivity index (χ4n) is 2.61. The van der Waals surface area contributed by atoms with Gasteiger partial charge in [-0.15, -0.1) is 11.3 Å². The van der Waals surface area contributed by atoms with E-state index in [0.717, 1.165) is 10.3 Å². The summed E-state index contributed by atoms with van der Waals surface area (Å²) in [6, 6.07) is 9.02. The van der Waals surface area contributed by atoms with Gasteiger partial charge in [-0.3, -0.25) is 4.79 Å². The smallest absolute Gasteiger partial charge is 0.355 e. The van der Waals surface area contributed by atoms with Crippen molar-refractivity contribution in [1.82, 2.24) is 9.88 Å². The Hall–Kier alpha value is -3.00. The number of fused-ring (bicyclic) bond motifs is 1. The first-order valence-electron chi connectivity index (χ1n) is 8.20. The summed E-state index contributed by atoms with van der Waals surface area (Å²) < 4.78 is 15.7. The predicted molar refractivity (Wildman–Crippen MR) is 102 cm³/mol. The fourth-order valence-corrected chi connectivity index (χ4v) is 3.37. The Morgan fingerprint density at radius 2 is 2.00 bits per heavy atom. The zero-order valence-electron chi connectivity index (χ0n) is 15.3. The van der Waals surface area contributed by atoms with Gasteiger partial charge in [0.2, 0.25) is 0 Å². The van der Waals surface area contributed by atoms with Gasteiger partial charge in [0.1, 0.15) is 17.2 Å². The van der Waals surface area contributed by atoms with E-state index < -0.39 is 5.97 Å². The number of carbonyl (C=O) groups is 2. The lowest BCUT2D eigenvalue weighted by Gasteiger charge is -2.15. The SMILES string of the molecule is COc1cc(OC)c2[nH]c(C(=O)OCC(=O)N(C)Cc3cccs3)cc2c1. The number of hydrogen-bond acceptors (Lipinski definition) is 6. The van der Waals surface area contributed by atoms with Gasteiger partial charge in [0.15, 0.2) is 6.61 Å². The van der Waals surface area contributed by atoms with Crippen molar-refractivity contribution < 1.29 is 23.8 Å². The number of H-pyrrole nitrogens is 1. The molecule has 0 unspecified atom stereocenters. The number of benzene rings is 1. The third-order valence-electron chi connectivity index (χ3n) is 4.07. The highest BCUT2D eigenvalue weighted by molar-refractivity contribution is 7.09. The number of hydrogen-bond donors (Lipinski definition) is 1. The van der Waals surface area contributed by atoms with Crippen LogP contribution in [0.1, 0.15) is 15.4 Å². The third-order valence-corrected chi connectivity index (χ3v) is 4.93. The van der Waals surface area contributed by atoms with E-state index in [4.69, 9.17) is 14.2 Å². The number of esters is 1. The van der Waals surface area contributed by atoms with Crippen molar-refractivity contribution in [3.8, 4) is 11.5 Å². The van der Waals surface area contributed by atoms with E-state index in [-0.39, 0.29) is 18.2 Å². The summed E-state index contributed by atoms with van der Waals surface area (Å²) in [4.78, 5) is 30.1. The molecule has 1 aromatic carbocycles. The number of ether oxygens (including phenoxy) is 3. The number of aromatic nitrogens is 1. The summed E-state index contributed by atoms with van der Waals surface area (Å²) in [6.07, 6.45) is 0. The van der Waals surface area contributed by atoms with Crippen LogP contribution in [0.25, 0.3) is 10.9 Å². The number of likely N-dealkylation sites (N-methyl/N-ethyl adjacent to an activating group) is 1. The maximum Gasteiger partial charge on any atom is 0.355 e. The number of nitrogens with zero attached hydrogens (tertiary/aromatic N) is 1. The van der Waals surface area contributed by atoms with Crippen LogP contribution in [-0.4, -0.2) is 49.6 Å². The van der Waals surface area contributed by atoms with Gasteiger partial charge < -0.3 is 24.1 Å². The van der Waals surface area contributed by atoms with Crippen LogP contribution in [0.5, 0.6) is 11.5 Å². The Bertz CT molecular complexity index is 949. The van der Waals surface area contributed by atoms with E-state index in [2.05, 4.69) is 4.98 Å². The Labute approximate surface area is 160 Å². The van der Waals surface area contributed by atoms with Gasteiger partial charge in [0, 0.05) is 23.4 Å². The van der Waals surface area contributed by atoms with Gasteiger partial charge in [-0.25, -0.2) is 4.79 Å². The molecule has 0 aliphatic carbocycles. The average molecular weight is 388 g/mol. The number of methoxy groups -OCH3 is 2. The van der Waals surface area contributed by atoms with E-state index >= 15 is 0 Å². The fraction of sp³-hybridized carbons (Fsp3) is 0.263. The maximum absolute atomic E-state index is 12.3. The van der Waals surface area contributed by atoms with Crippen LogP contribution in [0.3, 0.4) is 0 Å². The summed E-state index contributed by atoms with van der Waals surface area (Å²) in [5.74, 6) is 0.288. The summed E-state index contributed by atoms with van der Waals surface area (Å²) in [6.45, 7) is 0.161. The highest BCUT2D eigenvalue weighted by Gasteiger charge is 2.17. The molecule has 3 rings (SSSR count). The third kappa shape index (κ3) is 4.22. The van der Waals surface area contributed by atoms with E-state index in [1.165, 1.54) is 12.0 Å². The number of rotatable bonds is 7. The van der Waals surface area contributed by atoms with E-state index in [1.54, 1.807) is 43.7 Å². The first kappa shape index (κ1) is 18.8. The van der Waals surface area contributed by atoms with Crippen LogP contribution in [0, 0.1) is 0 Å². The molecule has 0 saturated carbocycles. The van der Waals surface area contributed by atoms with Gasteiger partial charge in [-0.1, -0.05) is 6.07 Å². The molecule has 7 nitrogen and oxygen atoms in total. The summed E-state index contributed by atoms with van der Waals surface area (Å²) in [7, 11) is 4.77. The standard InChI is InChI=1S/C19H20N2O5S/c1-21(10-14-5-4-6-27-14)17(22)11-26-19(23)15-8-12-7-13(24-2)9-16(25-3)18(12)20-15/h4-9,20H,10-11H2,1-3H3. The Kier molecular flexibility index (Phi) is 5.66. The van der Waals surface area contributed by atoms with E-state index in [0.29, 0.717) is 23.6 Å². The molecule has 3 aromatic rings. The van der Waals surface area contributed by atoms with Crippen molar-refractivity contribution in [2.24, 2.45) is 0 Å². The van der Waals surface area contributed by atoms with Crippen molar-refractivity contribution in [2.45, 2.75) is 6.54 Å². The van der Waals surface area contributed by atoms with Crippen LogP contribution in [0.4, 0.5) is 0 Å². The molecule has 0 atom stereocenters. The lowest BCUT2D eigenvalue weighted by atomic mass is 10.2. The zero-order chi connectivity index (χ0) is 19.4.